The van der Waals surface area contributed by atoms with Crippen LogP contribution in [-0.2, 0) is 0 Å². The van der Waals surface area contributed by atoms with Crippen LogP contribution in [0.4, 0.5) is 10.5 Å². The average molecular weight is 268 g/mol. The zero-order valence-electron chi connectivity index (χ0n) is 11.2. The van der Waals surface area contributed by atoms with Crippen LogP contribution in [0, 0.1) is 0 Å². The van der Waals surface area contributed by atoms with Crippen LogP contribution in [0.25, 0.3) is 6.08 Å². The maximum absolute atomic E-state index is 11.7. The van der Waals surface area contributed by atoms with Gasteiger partial charge in [0.15, 0.2) is 0 Å². The normalized spacial score (nSPS) is 10.2. The molecule has 0 aromatic heterocycles. The molecule has 2 aromatic rings. The third kappa shape index (κ3) is 3.88. The van der Waals surface area contributed by atoms with Crippen molar-refractivity contribution in [2.24, 2.45) is 0 Å². The summed E-state index contributed by atoms with van der Waals surface area (Å²) in [6.45, 7) is 0. The first-order valence-corrected chi connectivity index (χ1v) is 6.22. The van der Waals surface area contributed by atoms with Crippen LogP contribution >= 0.6 is 0 Å². The number of amides is 2. The third-order valence-electron chi connectivity index (χ3n) is 2.65. The van der Waals surface area contributed by atoms with Crippen molar-refractivity contribution in [3.8, 4) is 5.75 Å². The van der Waals surface area contributed by atoms with Crippen molar-refractivity contribution in [1.29, 1.82) is 0 Å². The summed E-state index contributed by atoms with van der Waals surface area (Å²) in [6, 6.07) is 16.5. The highest BCUT2D eigenvalue weighted by Crippen LogP contribution is 2.18. The molecule has 4 heteroatoms. The molecule has 4 nitrogen and oxygen atoms in total. The Morgan fingerprint density at radius 2 is 1.75 bits per heavy atom. The van der Waals surface area contributed by atoms with Crippen LogP contribution in [0.3, 0.4) is 0 Å². The Hall–Kier alpha value is -2.75. The van der Waals surface area contributed by atoms with Gasteiger partial charge in [-0.2, -0.15) is 0 Å². The number of ether oxygens (including phenoxy) is 1. The van der Waals surface area contributed by atoms with Gasteiger partial charge >= 0.3 is 6.03 Å². The van der Waals surface area contributed by atoms with Crippen molar-refractivity contribution in [1.82, 2.24) is 5.32 Å². The molecule has 0 fully saturated rings. The molecule has 0 aliphatic carbocycles. The van der Waals surface area contributed by atoms with Gasteiger partial charge in [-0.25, -0.2) is 4.79 Å². The number of rotatable bonds is 4. The smallest absolute Gasteiger partial charge is 0.323 e. The van der Waals surface area contributed by atoms with Gasteiger partial charge in [-0.3, -0.25) is 0 Å². The van der Waals surface area contributed by atoms with Crippen LogP contribution in [-0.4, -0.2) is 13.1 Å². The molecule has 0 spiro atoms. The topological polar surface area (TPSA) is 50.4 Å². The fourth-order valence-electron chi connectivity index (χ4n) is 1.70. The van der Waals surface area contributed by atoms with E-state index in [1.165, 1.54) is 0 Å². The average Bonchev–Trinajstić information content (AvgIpc) is 2.49. The first-order valence-electron chi connectivity index (χ1n) is 6.22. The van der Waals surface area contributed by atoms with E-state index in [1.807, 2.05) is 54.6 Å². The van der Waals surface area contributed by atoms with Gasteiger partial charge in [0, 0.05) is 17.5 Å². The molecule has 0 atom stereocenters. The monoisotopic (exact) mass is 268 g/mol. The van der Waals surface area contributed by atoms with Crippen LogP contribution in [0.1, 0.15) is 5.56 Å². The molecule has 0 unspecified atom stereocenters. The maximum Gasteiger partial charge on any atom is 0.323 e. The second kappa shape index (κ2) is 6.99. The minimum Gasteiger partial charge on any atom is -0.496 e. The number of benzene rings is 2. The first kappa shape index (κ1) is 13.7. The van der Waals surface area contributed by atoms with E-state index in [4.69, 9.17) is 4.74 Å². The molecule has 0 saturated heterocycles. The highest BCUT2D eigenvalue weighted by Gasteiger charge is 1.99. The Labute approximate surface area is 118 Å². The van der Waals surface area contributed by atoms with Gasteiger partial charge in [-0.1, -0.05) is 36.4 Å². The van der Waals surface area contributed by atoms with E-state index in [0.717, 1.165) is 17.0 Å². The van der Waals surface area contributed by atoms with E-state index < -0.39 is 0 Å². The number of carbonyl (C=O) groups excluding carboxylic acids is 1. The molecule has 0 aliphatic rings. The molecular formula is C16H16N2O2. The van der Waals surface area contributed by atoms with E-state index in [9.17, 15) is 4.79 Å². The van der Waals surface area contributed by atoms with E-state index in [1.54, 1.807) is 19.4 Å². The van der Waals surface area contributed by atoms with Crippen molar-refractivity contribution in [2.75, 3.05) is 12.4 Å². The Morgan fingerprint density at radius 3 is 2.50 bits per heavy atom. The summed E-state index contributed by atoms with van der Waals surface area (Å²) >= 11 is 0. The van der Waals surface area contributed by atoms with Crippen LogP contribution in [0.15, 0.2) is 60.8 Å². The summed E-state index contributed by atoms with van der Waals surface area (Å²) in [6.07, 6.45) is 3.36. The summed E-state index contributed by atoms with van der Waals surface area (Å²) in [4.78, 5) is 11.7. The minimum atomic E-state index is -0.289. The van der Waals surface area contributed by atoms with Crippen LogP contribution < -0.4 is 15.4 Å². The number of hydrogen-bond acceptors (Lipinski definition) is 2. The molecular weight excluding hydrogens is 252 g/mol. The second-order valence-electron chi connectivity index (χ2n) is 4.04. The predicted octanol–water partition coefficient (Wildman–Crippen LogP) is 3.49. The molecule has 20 heavy (non-hydrogen) atoms. The summed E-state index contributed by atoms with van der Waals surface area (Å²) in [5.41, 5.74) is 1.64. The number of carbonyl (C=O) groups is 1. The number of methoxy groups -OCH3 is 1. The Balaban J connectivity index is 1.91. The zero-order valence-corrected chi connectivity index (χ0v) is 11.2. The quantitative estimate of drug-likeness (QED) is 0.891. The number of urea groups is 1. The molecule has 2 amide bonds. The lowest BCUT2D eigenvalue weighted by molar-refractivity contribution is 0.255. The number of para-hydroxylation sites is 2. The van der Waals surface area contributed by atoms with Gasteiger partial charge in [-0.05, 0) is 24.3 Å². The van der Waals surface area contributed by atoms with E-state index in [0.29, 0.717) is 0 Å². The highest BCUT2D eigenvalue weighted by molar-refractivity contribution is 5.90. The lowest BCUT2D eigenvalue weighted by Crippen LogP contribution is -2.23. The zero-order chi connectivity index (χ0) is 14.2. The van der Waals surface area contributed by atoms with Gasteiger partial charge in [0.1, 0.15) is 5.75 Å². The summed E-state index contributed by atoms with van der Waals surface area (Å²) in [7, 11) is 1.61. The molecule has 2 N–H and O–H groups in total. The van der Waals surface area contributed by atoms with Gasteiger partial charge in [0.05, 0.1) is 7.11 Å². The molecule has 0 bridgehead atoms. The van der Waals surface area contributed by atoms with Crippen molar-refractivity contribution in [2.45, 2.75) is 0 Å². The van der Waals surface area contributed by atoms with Crippen molar-refractivity contribution >= 4 is 17.8 Å². The molecule has 0 saturated carbocycles. The number of anilines is 1. The van der Waals surface area contributed by atoms with E-state index >= 15 is 0 Å². The lowest BCUT2D eigenvalue weighted by Gasteiger charge is -2.05. The molecule has 0 heterocycles. The van der Waals surface area contributed by atoms with Gasteiger partial charge in [0.25, 0.3) is 0 Å². The van der Waals surface area contributed by atoms with Crippen molar-refractivity contribution in [3.05, 3.63) is 66.4 Å². The lowest BCUT2D eigenvalue weighted by atomic mass is 10.2. The van der Waals surface area contributed by atoms with E-state index in [-0.39, 0.29) is 6.03 Å². The fraction of sp³-hybridized carbons (Fsp3) is 0.0625. The largest absolute Gasteiger partial charge is 0.496 e. The molecule has 0 radical (unpaired) electrons. The van der Waals surface area contributed by atoms with Gasteiger partial charge in [0.2, 0.25) is 0 Å². The SMILES string of the molecule is COc1ccccc1/C=C/NC(=O)Nc1ccccc1. The van der Waals surface area contributed by atoms with E-state index in [2.05, 4.69) is 10.6 Å². The number of hydrogen-bond donors (Lipinski definition) is 2. The minimum absolute atomic E-state index is 0.289. The van der Waals surface area contributed by atoms with Crippen LogP contribution in [0.5, 0.6) is 5.75 Å². The Kier molecular flexibility index (Phi) is 4.78. The fourth-order valence-corrected chi connectivity index (χ4v) is 1.70. The standard InChI is InChI=1S/C16H16N2O2/c1-20-15-10-6-5-7-13(15)11-12-17-16(19)18-14-8-3-2-4-9-14/h2-12H,1H3,(H2,17,18,19)/b12-11+. The highest BCUT2D eigenvalue weighted by atomic mass is 16.5. The maximum atomic E-state index is 11.7. The Bertz CT molecular complexity index is 594. The van der Waals surface area contributed by atoms with Gasteiger partial charge < -0.3 is 15.4 Å². The molecule has 0 aliphatic heterocycles. The van der Waals surface area contributed by atoms with Crippen molar-refractivity contribution in [3.63, 3.8) is 0 Å². The summed E-state index contributed by atoms with van der Waals surface area (Å²) < 4.78 is 5.22. The van der Waals surface area contributed by atoms with Crippen molar-refractivity contribution < 1.29 is 9.53 Å². The Morgan fingerprint density at radius 1 is 1.05 bits per heavy atom. The predicted molar refractivity (Wildman–Crippen MR) is 80.6 cm³/mol. The summed E-state index contributed by atoms with van der Waals surface area (Å²) in [5, 5.41) is 5.37. The van der Waals surface area contributed by atoms with Crippen LogP contribution in [0.2, 0.25) is 0 Å². The third-order valence-corrected chi connectivity index (χ3v) is 2.65. The molecule has 2 rings (SSSR count). The van der Waals surface area contributed by atoms with Gasteiger partial charge in [-0.15, -0.1) is 0 Å². The summed E-state index contributed by atoms with van der Waals surface area (Å²) in [5.74, 6) is 0.758. The first-order chi connectivity index (χ1) is 9.79. The molecule has 2 aromatic carbocycles. The second-order valence-corrected chi connectivity index (χ2v) is 4.04. The number of nitrogens with one attached hydrogen (secondary N) is 2. The molecule has 102 valence electrons.